The number of nitrogens with zero attached hydrogens (tertiary/aromatic N) is 2. The molecule has 0 aliphatic carbocycles. The van der Waals surface area contributed by atoms with Gasteiger partial charge in [0.25, 0.3) is 0 Å². The Morgan fingerprint density at radius 1 is 1.03 bits per heavy atom. The maximum absolute atomic E-state index is 11.8. The predicted octanol–water partition coefficient (Wildman–Crippen LogP) is 7.09. The number of aromatic nitrogens is 2. The van der Waals surface area contributed by atoms with Gasteiger partial charge in [-0.3, -0.25) is 9.78 Å². The second-order valence-corrected chi connectivity index (χ2v) is 8.93. The van der Waals surface area contributed by atoms with Gasteiger partial charge in [-0.25, -0.2) is 11.1 Å². The number of hydrogen-bond donors (Lipinski definition) is 1. The topological polar surface area (TPSA) is 72.3 Å². The number of allylic oxidation sites excluding steroid dienone is 2. The number of ether oxygens (including phenoxy) is 1. The SMILES string of the molecule is CCC(C)(C)C(=O)/C=C(\O)C(C)(C)CC.[Ir].[c-]1cccnc1Oc1cc2ccccc2cn1. The fourth-order valence-electron chi connectivity index (χ4n) is 2.45. The molecule has 0 bridgehead atoms. The van der Waals surface area contributed by atoms with E-state index in [0.717, 1.165) is 23.6 Å². The first-order valence-electron chi connectivity index (χ1n) is 10.9. The van der Waals surface area contributed by atoms with E-state index in [-0.39, 0.29) is 42.5 Å². The van der Waals surface area contributed by atoms with Gasteiger partial charge in [-0.05, 0) is 18.2 Å². The van der Waals surface area contributed by atoms with E-state index < -0.39 is 0 Å². The average Bonchev–Trinajstić information content (AvgIpc) is 2.80. The summed E-state index contributed by atoms with van der Waals surface area (Å²) in [6.07, 6.45) is 6.44. The van der Waals surface area contributed by atoms with Crippen molar-refractivity contribution in [1.82, 2.24) is 9.97 Å². The van der Waals surface area contributed by atoms with Gasteiger partial charge in [-0.1, -0.05) is 72.0 Å². The average molecular weight is 626 g/mol. The van der Waals surface area contributed by atoms with E-state index in [2.05, 4.69) is 16.0 Å². The van der Waals surface area contributed by atoms with Gasteiger partial charge in [-0.2, -0.15) is 12.1 Å². The Balaban J connectivity index is 0.000000324. The van der Waals surface area contributed by atoms with E-state index in [1.165, 1.54) is 6.08 Å². The van der Waals surface area contributed by atoms with Crippen LogP contribution in [-0.2, 0) is 24.9 Å². The number of ketones is 1. The van der Waals surface area contributed by atoms with Crippen LogP contribution in [0.4, 0.5) is 0 Å². The van der Waals surface area contributed by atoms with Crippen LogP contribution < -0.4 is 4.74 Å². The van der Waals surface area contributed by atoms with Crippen molar-refractivity contribution in [2.24, 2.45) is 10.8 Å². The molecule has 3 rings (SSSR count). The van der Waals surface area contributed by atoms with E-state index >= 15 is 0 Å². The van der Waals surface area contributed by atoms with Crippen molar-refractivity contribution >= 4 is 16.6 Å². The third-order valence-electron chi connectivity index (χ3n) is 5.78. The van der Waals surface area contributed by atoms with E-state index in [4.69, 9.17) is 4.74 Å². The Morgan fingerprint density at radius 3 is 2.24 bits per heavy atom. The summed E-state index contributed by atoms with van der Waals surface area (Å²) in [6.45, 7) is 11.7. The first-order chi connectivity index (χ1) is 15.1. The zero-order valence-corrected chi connectivity index (χ0v) is 22.6. The van der Waals surface area contributed by atoms with Crippen molar-refractivity contribution < 1.29 is 34.7 Å². The molecule has 0 unspecified atom stereocenters. The summed E-state index contributed by atoms with van der Waals surface area (Å²) in [5.41, 5.74) is -0.683. The van der Waals surface area contributed by atoms with E-state index in [9.17, 15) is 9.90 Å². The Morgan fingerprint density at radius 2 is 1.67 bits per heavy atom. The quantitative estimate of drug-likeness (QED) is 0.173. The molecule has 0 atom stereocenters. The molecule has 33 heavy (non-hydrogen) atoms. The number of aliphatic hydroxyl groups excluding tert-OH is 1. The molecule has 0 saturated heterocycles. The molecule has 0 amide bonds. The summed E-state index contributed by atoms with van der Waals surface area (Å²) in [5.74, 6) is 1.15. The number of hydrogen-bond acceptors (Lipinski definition) is 5. The standard InChI is InChI=1S/C14H9N2O.C13H24O2.Ir/c1-2-6-12-10-16-14(9-11(12)5-1)17-13-7-3-4-8-15-13;1-7-12(3,4)10(14)9-11(15)13(5,6)8-2;/h1-6,8-10H;9,14H,7-8H2,1-6H3;/q-1;;/b;10-9-;. The van der Waals surface area contributed by atoms with Crippen LogP contribution in [0, 0.1) is 16.9 Å². The zero-order chi connectivity index (χ0) is 23.8. The molecule has 1 N–H and O–H groups in total. The van der Waals surface area contributed by atoms with Crippen molar-refractivity contribution in [1.29, 1.82) is 0 Å². The van der Waals surface area contributed by atoms with Gasteiger partial charge < -0.3 is 9.84 Å². The van der Waals surface area contributed by atoms with Crippen LogP contribution in [0.15, 0.2) is 66.7 Å². The summed E-state index contributed by atoms with van der Waals surface area (Å²) in [5, 5.41) is 12.0. The molecule has 0 saturated carbocycles. The van der Waals surface area contributed by atoms with E-state index in [1.54, 1.807) is 24.5 Å². The molecule has 3 aromatic rings. The molecule has 0 aliphatic rings. The van der Waals surface area contributed by atoms with Crippen molar-refractivity contribution in [3.8, 4) is 11.8 Å². The van der Waals surface area contributed by atoms with Crippen molar-refractivity contribution in [2.75, 3.05) is 0 Å². The Bertz CT molecular complexity index is 1060. The second-order valence-electron chi connectivity index (χ2n) is 8.93. The normalized spacial score (nSPS) is 11.8. The third kappa shape index (κ3) is 8.38. The molecule has 2 heterocycles. The largest absolute Gasteiger partial charge is 0.512 e. The van der Waals surface area contributed by atoms with Crippen LogP contribution in [0.5, 0.6) is 11.8 Å². The van der Waals surface area contributed by atoms with Gasteiger partial charge >= 0.3 is 0 Å². The zero-order valence-electron chi connectivity index (χ0n) is 20.2. The molecule has 0 aliphatic heterocycles. The van der Waals surface area contributed by atoms with Crippen LogP contribution in [-0.4, -0.2) is 20.9 Å². The summed E-state index contributed by atoms with van der Waals surface area (Å²) >= 11 is 0. The number of aliphatic hydroxyl groups is 1. The Hall–Kier alpha value is -2.56. The summed E-state index contributed by atoms with van der Waals surface area (Å²) < 4.78 is 5.51. The maximum atomic E-state index is 11.8. The summed E-state index contributed by atoms with van der Waals surface area (Å²) in [7, 11) is 0. The number of fused-ring (bicyclic) bond motifs is 1. The minimum absolute atomic E-state index is 0. The fraction of sp³-hybridized carbons (Fsp3) is 0.370. The van der Waals surface area contributed by atoms with Gasteiger partial charge in [0, 0.05) is 54.7 Å². The van der Waals surface area contributed by atoms with Crippen molar-refractivity contribution in [3.05, 3.63) is 72.8 Å². The minimum Gasteiger partial charge on any atom is -0.512 e. The molecule has 2 aromatic heterocycles. The van der Waals surface area contributed by atoms with Crippen molar-refractivity contribution in [3.63, 3.8) is 0 Å². The molecule has 5 nitrogen and oxygen atoms in total. The molecular formula is C27H33IrN2O3-. The molecular weight excluding hydrogens is 593 g/mol. The van der Waals surface area contributed by atoms with Crippen LogP contribution in [0.3, 0.4) is 0 Å². The summed E-state index contributed by atoms with van der Waals surface area (Å²) in [4.78, 5) is 20.1. The van der Waals surface area contributed by atoms with Crippen molar-refractivity contribution in [2.45, 2.75) is 54.4 Å². The first-order valence-corrected chi connectivity index (χ1v) is 10.9. The second kappa shape index (κ2) is 12.6. The van der Waals surface area contributed by atoms with Gasteiger partial charge in [0.05, 0.1) is 0 Å². The Labute approximate surface area is 210 Å². The number of carbonyl (C=O) groups is 1. The van der Waals surface area contributed by atoms with Crippen LogP contribution in [0.25, 0.3) is 10.8 Å². The van der Waals surface area contributed by atoms with Crippen LogP contribution >= 0.6 is 0 Å². The number of benzene rings is 1. The van der Waals surface area contributed by atoms with E-state index in [1.807, 2.05) is 71.9 Å². The van der Waals surface area contributed by atoms with Gasteiger partial charge in [-0.15, -0.1) is 0 Å². The van der Waals surface area contributed by atoms with Gasteiger partial charge in [0.1, 0.15) is 11.6 Å². The van der Waals surface area contributed by atoms with Crippen LogP contribution in [0.1, 0.15) is 54.4 Å². The monoisotopic (exact) mass is 626 g/mol. The minimum atomic E-state index is -0.377. The fourth-order valence-corrected chi connectivity index (χ4v) is 2.45. The molecule has 179 valence electrons. The van der Waals surface area contributed by atoms with E-state index in [0.29, 0.717) is 11.8 Å². The number of rotatable bonds is 7. The first kappa shape index (κ1) is 28.5. The maximum Gasteiger partial charge on any atom is 0.219 e. The number of pyridine rings is 2. The van der Waals surface area contributed by atoms with Gasteiger partial charge in [0.15, 0.2) is 5.78 Å². The molecule has 0 fully saturated rings. The molecule has 6 heteroatoms. The predicted molar refractivity (Wildman–Crippen MR) is 129 cm³/mol. The van der Waals surface area contributed by atoms with Crippen LogP contribution in [0.2, 0.25) is 0 Å². The molecule has 1 aromatic carbocycles. The Kier molecular flexibility index (Phi) is 10.9. The molecule has 0 spiro atoms. The third-order valence-corrected chi connectivity index (χ3v) is 5.78. The van der Waals surface area contributed by atoms with Gasteiger partial charge in [0.2, 0.25) is 5.88 Å². The molecule has 1 radical (unpaired) electrons. The number of carbonyl (C=O) groups excluding carboxylic acids is 1. The smallest absolute Gasteiger partial charge is 0.219 e. The summed E-state index contributed by atoms with van der Waals surface area (Å²) in [6, 6.07) is 16.3.